The van der Waals surface area contributed by atoms with E-state index in [9.17, 15) is 4.79 Å². The first kappa shape index (κ1) is 16.2. The zero-order valence-electron chi connectivity index (χ0n) is 12.9. The number of ether oxygens (including phenoxy) is 1. The van der Waals surface area contributed by atoms with E-state index in [0.717, 1.165) is 28.7 Å². The van der Waals surface area contributed by atoms with Crippen molar-refractivity contribution in [2.75, 3.05) is 0 Å². The maximum Gasteiger partial charge on any atom is 0.405 e. The molecule has 0 heterocycles. The van der Waals surface area contributed by atoms with Crippen molar-refractivity contribution in [1.82, 2.24) is 0 Å². The van der Waals surface area contributed by atoms with Crippen LogP contribution in [0.5, 0.6) is 0 Å². The minimum atomic E-state index is -0.748. The summed E-state index contributed by atoms with van der Waals surface area (Å²) < 4.78 is 5.33. The van der Waals surface area contributed by atoms with Crippen LogP contribution in [0.15, 0.2) is 36.4 Å². The predicted molar refractivity (Wildman–Crippen MR) is 92.8 cm³/mol. The minimum Gasteiger partial charge on any atom is -0.441 e. The number of nitrogens with two attached hydrogens (primary N) is 1. The van der Waals surface area contributed by atoms with Gasteiger partial charge < -0.3 is 10.5 Å². The molecule has 0 radical (unpaired) electrons. The number of hydrogen-bond acceptors (Lipinski definition) is 2. The first-order valence-electron chi connectivity index (χ1n) is 7.32. The highest BCUT2D eigenvalue weighted by Crippen LogP contribution is 2.48. The maximum atomic E-state index is 11.2. The Morgan fingerprint density at radius 3 is 2.39 bits per heavy atom. The fraction of sp³-hybridized carbons (Fsp3) is 0.278. The second kappa shape index (κ2) is 5.73. The van der Waals surface area contributed by atoms with Gasteiger partial charge in [-0.2, -0.15) is 0 Å². The molecule has 1 aliphatic carbocycles. The molecule has 0 bridgehead atoms. The number of halogens is 2. The van der Waals surface area contributed by atoms with Crippen LogP contribution in [0.1, 0.15) is 31.1 Å². The second-order valence-corrected chi connectivity index (χ2v) is 7.43. The summed E-state index contributed by atoms with van der Waals surface area (Å²) in [5, 5.41) is 1.20. The number of rotatable bonds is 2. The topological polar surface area (TPSA) is 52.3 Å². The van der Waals surface area contributed by atoms with Crippen LogP contribution in [-0.2, 0) is 11.2 Å². The van der Waals surface area contributed by atoms with Crippen LogP contribution in [0.4, 0.5) is 4.79 Å². The van der Waals surface area contributed by atoms with Crippen LogP contribution >= 0.6 is 23.2 Å². The Morgan fingerprint density at radius 1 is 1.13 bits per heavy atom. The third kappa shape index (κ3) is 3.17. The Kier molecular flexibility index (Phi) is 4.03. The largest absolute Gasteiger partial charge is 0.441 e. The van der Waals surface area contributed by atoms with Crippen LogP contribution in [0.2, 0.25) is 10.0 Å². The number of fused-ring (bicyclic) bond motifs is 1. The van der Waals surface area contributed by atoms with E-state index in [4.69, 9.17) is 33.7 Å². The third-order valence-electron chi connectivity index (χ3n) is 4.21. The van der Waals surface area contributed by atoms with E-state index in [1.54, 1.807) is 6.07 Å². The summed E-state index contributed by atoms with van der Waals surface area (Å²) in [6.45, 7) is 4.13. The fourth-order valence-corrected chi connectivity index (χ4v) is 3.78. The molecule has 1 unspecified atom stereocenters. The smallest absolute Gasteiger partial charge is 0.405 e. The van der Waals surface area contributed by atoms with Crippen molar-refractivity contribution in [3.05, 3.63) is 57.6 Å². The molecule has 2 aromatic carbocycles. The van der Waals surface area contributed by atoms with Gasteiger partial charge in [-0.1, -0.05) is 55.2 Å². The van der Waals surface area contributed by atoms with Crippen molar-refractivity contribution in [3.8, 4) is 11.1 Å². The van der Waals surface area contributed by atoms with Gasteiger partial charge in [-0.3, -0.25) is 0 Å². The van der Waals surface area contributed by atoms with Gasteiger partial charge in [-0.05, 0) is 46.9 Å². The molecule has 1 atom stereocenters. The van der Waals surface area contributed by atoms with Crippen molar-refractivity contribution in [1.29, 1.82) is 0 Å². The Morgan fingerprint density at radius 2 is 1.78 bits per heavy atom. The lowest BCUT2D eigenvalue weighted by Gasteiger charge is -2.26. The summed E-state index contributed by atoms with van der Waals surface area (Å²) in [7, 11) is 0. The molecule has 0 saturated heterocycles. The van der Waals surface area contributed by atoms with Gasteiger partial charge in [0.15, 0.2) is 0 Å². The van der Waals surface area contributed by atoms with Crippen LogP contribution in [0.25, 0.3) is 11.1 Å². The molecule has 0 fully saturated rings. The normalized spacial score (nSPS) is 18.5. The fourth-order valence-electron chi connectivity index (χ4n) is 3.26. The van der Waals surface area contributed by atoms with Crippen molar-refractivity contribution in [3.63, 3.8) is 0 Å². The number of benzene rings is 2. The molecule has 3 rings (SSSR count). The van der Waals surface area contributed by atoms with Crippen LogP contribution in [-0.4, -0.2) is 6.09 Å². The van der Waals surface area contributed by atoms with E-state index in [1.165, 1.54) is 0 Å². The van der Waals surface area contributed by atoms with Crippen molar-refractivity contribution in [2.45, 2.75) is 26.4 Å². The van der Waals surface area contributed by atoms with E-state index in [0.29, 0.717) is 10.0 Å². The first-order valence-corrected chi connectivity index (χ1v) is 8.07. The third-order valence-corrected chi connectivity index (χ3v) is 4.65. The van der Waals surface area contributed by atoms with Crippen molar-refractivity contribution in [2.24, 2.45) is 11.1 Å². The van der Waals surface area contributed by atoms with Crippen molar-refractivity contribution >= 4 is 29.3 Å². The molecule has 2 aromatic rings. The molecule has 0 aliphatic heterocycles. The summed E-state index contributed by atoms with van der Waals surface area (Å²) in [6.07, 6.45) is -0.267. The van der Waals surface area contributed by atoms with Gasteiger partial charge in [0.2, 0.25) is 0 Å². The van der Waals surface area contributed by atoms with Crippen LogP contribution in [0, 0.1) is 5.41 Å². The zero-order valence-corrected chi connectivity index (χ0v) is 14.4. The molecule has 0 spiro atoms. The molecule has 3 nitrogen and oxygen atoms in total. The Balaban J connectivity index is 2.03. The highest BCUT2D eigenvalue weighted by molar-refractivity contribution is 6.35. The number of primary amides is 1. The number of hydrogen-bond donors (Lipinski definition) is 1. The SMILES string of the molecule is CC1(C)Cc2cc(-c3cc(Cl)cc(Cl)c3)ccc2C1OC(N)=O. The number of carbonyl (C=O) groups is 1. The Hall–Kier alpha value is -1.71. The van der Waals surface area contributed by atoms with Gasteiger partial charge in [0.25, 0.3) is 0 Å². The van der Waals surface area contributed by atoms with E-state index < -0.39 is 6.09 Å². The molecule has 2 N–H and O–H groups in total. The average Bonchev–Trinajstić information content (AvgIpc) is 2.67. The van der Waals surface area contributed by atoms with Gasteiger partial charge in [-0.25, -0.2) is 4.79 Å². The van der Waals surface area contributed by atoms with Gasteiger partial charge in [0.1, 0.15) is 6.10 Å². The van der Waals surface area contributed by atoms with Gasteiger partial charge >= 0.3 is 6.09 Å². The highest BCUT2D eigenvalue weighted by Gasteiger charge is 2.41. The van der Waals surface area contributed by atoms with E-state index in [2.05, 4.69) is 19.9 Å². The molecule has 23 heavy (non-hydrogen) atoms. The quantitative estimate of drug-likeness (QED) is 0.791. The monoisotopic (exact) mass is 349 g/mol. The van der Waals surface area contributed by atoms with E-state index >= 15 is 0 Å². The molecule has 120 valence electrons. The summed E-state index contributed by atoms with van der Waals surface area (Å²) in [4.78, 5) is 11.2. The average molecular weight is 350 g/mol. The molecular formula is C18H17Cl2NO2. The van der Waals surface area contributed by atoms with Gasteiger partial charge in [0.05, 0.1) is 0 Å². The molecule has 5 heteroatoms. The van der Waals surface area contributed by atoms with Gasteiger partial charge in [-0.15, -0.1) is 0 Å². The maximum absolute atomic E-state index is 11.2. The highest BCUT2D eigenvalue weighted by atomic mass is 35.5. The van der Waals surface area contributed by atoms with Crippen molar-refractivity contribution < 1.29 is 9.53 Å². The molecule has 1 amide bonds. The summed E-state index contributed by atoms with van der Waals surface area (Å²) >= 11 is 12.2. The standard InChI is InChI=1S/C18H17Cl2NO2/c1-18(2)9-12-5-10(11-6-13(19)8-14(20)7-11)3-4-15(12)16(18)23-17(21)22/h3-8,16H,9H2,1-2H3,(H2,21,22). The lowest BCUT2D eigenvalue weighted by atomic mass is 9.87. The minimum absolute atomic E-state index is 0.192. The summed E-state index contributed by atoms with van der Waals surface area (Å²) in [5.74, 6) is 0. The van der Waals surface area contributed by atoms with Crippen LogP contribution < -0.4 is 5.73 Å². The van der Waals surface area contributed by atoms with E-state index in [-0.39, 0.29) is 11.5 Å². The van der Waals surface area contributed by atoms with E-state index in [1.807, 2.05) is 24.3 Å². The summed E-state index contributed by atoms with van der Waals surface area (Å²) in [5.41, 5.74) is 9.17. The first-order chi connectivity index (χ1) is 10.8. The molecular weight excluding hydrogens is 333 g/mol. The molecule has 1 aliphatic rings. The second-order valence-electron chi connectivity index (χ2n) is 6.55. The zero-order chi connectivity index (χ0) is 16.8. The number of carbonyl (C=O) groups excluding carboxylic acids is 1. The lowest BCUT2D eigenvalue weighted by Crippen LogP contribution is -2.25. The number of amides is 1. The Labute approximate surface area is 145 Å². The summed E-state index contributed by atoms with van der Waals surface area (Å²) in [6, 6.07) is 11.5. The predicted octanol–water partition coefficient (Wildman–Crippen LogP) is 5.38. The Bertz CT molecular complexity index is 766. The van der Waals surface area contributed by atoms with Crippen LogP contribution in [0.3, 0.4) is 0 Å². The lowest BCUT2D eigenvalue weighted by molar-refractivity contribution is 0.0392. The molecule has 0 saturated carbocycles. The molecule has 0 aromatic heterocycles. The van der Waals surface area contributed by atoms with Gasteiger partial charge in [0, 0.05) is 15.5 Å².